The molecule has 0 heterocycles. The maximum atomic E-state index is 13.1. The fourth-order valence-electron chi connectivity index (χ4n) is 1.13. The van der Waals surface area contributed by atoms with E-state index >= 15 is 0 Å². The molecule has 0 aliphatic carbocycles. The highest BCUT2D eigenvalue weighted by Gasteiger charge is 2.17. The number of hydrogen-bond donors (Lipinski definition) is 0. The Morgan fingerprint density at radius 3 is 2.50 bits per heavy atom. The Morgan fingerprint density at radius 1 is 1.31 bits per heavy atom. The number of nitrogens with zero attached hydrogens (tertiary/aromatic N) is 2. The van der Waals surface area contributed by atoms with Gasteiger partial charge in [0.25, 0.3) is 0 Å². The SMILES string of the molecule is N#CC(C#N)CC(=O)c1cc(F)ccc1F. The molecule has 0 saturated heterocycles. The van der Waals surface area contributed by atoms with E-state index in [0.717, 1.165) is 18.2 Å². The summed E-state index contributed by atoms with van der Waals surface area (Å²) in [6.45, 7) is 0. The summed E-state index contributed by atoms with van der Waals surface area (Å²) >= 11 is 0. The second-order valence-electron chi connectivity index (χ2n) is 3.06. The molecule has 0 fully saturated rings. The second kappa shape index (κ2) is 4.99. The summed E-state index contributed by atoms with van der Waals surface area (Å²) in [6.07, 6.45) is -0.437. The average molecular weight is 220 g/mol. The van der Waals surface area contributed by atoms with Gasteiger partial charge < -0.3 is 0 Å². The molecule has 0 aliphatic rings. The van der Waals surface area contributed by atoms with Crippen molar-refractivity contribution in [2.24, 2.45) is 5.92 Å². The van der Waals surface area contributed by atoms with Gasteiger partial charge >= 0.3 is 0 Å². The van der Waals surface area contributed by atoms with E-state index in [4.69, 9.17) is 10.5 Å². The van der Waals surface area contributed by atoms with Crippen molar-refractivity contribution in [3.63, 3.8) is 0 Å². The van der Waals surface area contributed by atoms with Gasteiger partial charge in [0.1, 0.15) is 17.6 Å². The minimum atomic E-state index is -1.14. The highest BCUT2D eigenvalue weighted by atomic mass is 19.1. The van der Waals surface area contributed by atoms with Gasteiger partial charge in [-0.05, 0) is 18.2 Å². The first-order valence-electron chi connectivity index (χ1n) is 4.36. The van der Waals surface area contributed by atoms with Crippen LogP contribution >= 0.6 is 0 Å². The van der Waals surface area contributed by atoms with Gasteiger partial charge in [0.05, 0.1) is 17.7 Å². The van der Waals surface area contributed by atoms with Gasteiger partial charge in [0.2, 0.25) is 0 Å². The number of nitriles is 2. The number of benzene rings is 1. The van der Waals surface area contributed by atoms with Crippen LogP contribution in [0.1, 0.15) is 16.8 Å². The van der Waals surface area contributed by atoms with Crippen LogP contribution in [-0.4, -0.2) is 5.78 Å². The summed E-state index contributed by atoms with van der Waals surface area (Å²) < 4.78 is 25.9. The van der Waals surface area contributed by atoms with E-state index in [9.17, 15) is 13.6 Å². The van der Waals surface area contributed by atoms with Gasteiger partial charge in [-0.25, -0.2) is 8.78 Å². The molecule has 1 aromatic rings. The standard InChI is InChI=1S/C11H6F2N2O/c12-8-1-2-10(13)9(4-8)11(16)3-7(5-14)6-15/h1-2,4,7H,3H2. The molecule has 5 heteroatoms. The first-order chi connectivity index (χ1) is 7.58. The number of carbonyl (C=O) groups is 1. The molecule has 0 unspecified atom stereocenters. The van der Waals surface area contributed by atoms with E-state index < -0.39 is 35.3 Å². The highest BCUT2D eigenvalue weighted by molar-refractivity contribution is 5.96. The molecule has 0 spiro atoms. The van der Waals surface area contributed by atoms with Crippen LogP contribution in [-0.2, 0) is 0 Å². The first-order valence-corrected chi connectivity index (χ1v) is 4.36. The zero-order chi connectivity index (χ0) is 12.1. The molecule has 0 bridgehead atoms. The molecular formula is C11H6F2N2O. The molecule has 0 aliphatic heterocycles. The third kappa shape index (κ3) is 2.61. The van der Waals surface area contributed by atoms with E-state index in [-0.39, 0.29) is 0 Å². The molecule has 0 aromatic heterocycles. The summed E-state index contributed by atoms with van der Waals surface area (Å²) in [5, 5.41) is 16.9. The summed E-state index contributed by atoms with van der Waals surface area (Å²) in [6, 6.07) is 5.65. The Labute approximate surface area is 90.5 Å². The van der Waals surface area contributed by atoms with Crippen LogP contribution in [0.3, 0.4) is 0 Å². The summed E-state index contributed by atoms with van der Waals surface area (Å²) in [5.74, 6) is -3.50. The van der Waals surface area contributed by atoms with Crippen molar-refractivity contribution in [1.82, 2.24) is 0 Å². The van der Waals surface area contributed by atoms with Crippen LogP contribution in [0.5, 0.6) is 0 Å². The number of ketones is 1. The normalized spacial score (nSPS) is 9.56. The summed E-state index contributed by atoms with van der Waals surface area (Å²) in [5.41, 5.74) is -0.435. The van der Waals surface area contributed by atoms with E-state index in [1.807, 2.05) is 0 Å². The van der Waals surface area contributed by atoms with Crippen LogP contribution in [0.25, 0.3) is 0 Å². The van der Waals surface area contributed by atoms with Crippen molar-refractivity contribution in [3.8, 4) is 12.1 Å². The second-order valence-corrected chi connectivity index (χ2v) is 3.06. The Hall–Kier alpha value is -2.27. The fourth-order valence-corrected chi connectivity index (χ4v) is 1.13. The maximum Gasteiger partial charge on any atom is 0.168 e. The average Bonchev–Trinajstić information content (AvgIpc) is 2.28. The molecule has 0 N–H and O–H groups in total. The summed E-state index contributed by atoms with van der Waals surface area (Å²) in [7, 11) is 0. The first kappa shape index (κ1) is 11.8. The predicted octanol–water partition coefficient (Wildman–Crippen LogP) is 2.20. The van der Waals surface area contributed by atoms with Crippen LogP contribution in [0.4, 0.5) is 8.78 Å². The van der Waals surface area contributed by atoms with E-state index in [2.05, 4.69) is 0 Å². The van der Waals surface area contributed by atoms with Gasteiger partial charge in [-0.1, -0.05) is 0 Å². The molecule has 0 amide bonds. The van der Waals surface area contributed by atoms with Gasteiger partial charge in [-0.2, -0.15) is 10.5 Å². The monoisotopic (exact) mass is 220 g/mol. The lowest BCUT2D eigenvalue weighted by Gasteiger charge is -2.02. The van der Waals surface area contributed by atoms with Crippen LogP contribution in [0.15, 0.2) is 18.2 Å². The lowest BCUT2D eigenvalue weighted by atomic mass is 10.00. The van der Waals surface area contributed by atoms with Gasteiger partial charge in [-0.15, -0.1) is 0 Å². The number of halogens is 2. The topological polar surface area (TPSA) is 64.7 Å². The molecule has 0 saturated carbocycles. The minimum absolute atomic E-state index is 0.435. The third-order valence-electron chi connectivity index (χ3n) is 1.93. The van der Waals surface area contributed by atoms with Crippen molar-refractivity contribution in [2.45, 2.75) is 6.42 Å². The Morgan fingerprint density at radius 2 is 1.94 bits per heavy atom. The molecule has 0 atom stereocenters. The van der Waals surface area contributed by atoms with Crippen LogP contribution in [0.2, 0.25) is 0 Å². The molecule has 1 rings (SSSR count). The smallest absolute Gasteiger partial charge is 0.168 e. The van der Waals surface area contributed by atoms with Crippen LogP contribution < -0.4 is 0 Å². The van der Waals surface area contributed by atoms with Crippen molar-refractivity contribution >= 4 is 5.78 Å². The Balaban J connectivity index is 2.94. The zero-order valence-electron chi connectivity index (χ0n) is 8.08. The highest BCUT2D eigenvalue weighted by Crippen LogP contribution is 2.14. The van der Waals surface area contributed by atoms with Crippen molar-refractivity contribution < 1.29 is 13.6 Å². The van der Waals surface area contributed by atoms with E-state index in [1.165, 1.54) is 0 Å². The lowest BCUT2D eigenvalue weighted by Crippen LogP contribution is -2.08. The van der Waals surface area contributed by atoms with Gasteiger partial charge in [0, 0.05) is 6.42 Å². The van der Waals surface area contributed by atoms with Crippen molar-refractivity contribution in [3.05, 3.63) is 35.4 Å². The third-order valence-corrected chi connectivity index (χ3v) is 1.93. The fraction of sp³-hybridized carbons (Fsp3) is 0.182. The lowest BCUT2D eigenvalue weighted by molar-refractivity contribution is 0.0972. The molecule has 0 radical (unpaired) electrons. The van der Waals surface area contributed by atoms with Gasteiger partial charge in [-0.3, -0.25) is 4.79 Å². The number of carbonyl (C=O) groups excluding carboxylic acids is 1. The molecule has 16 heavy (non-hydrogen) atoms. The van der Waals surface area contributed by atoms with Crippen molar-refractivity contribution in [1.29, 1.82) is 10.5 Å². The predicted molar refractivity (Wildman–Crippen MR) is 50.0 cm³/mol. The Kier molecular flexibility index (Phi) is 3.68. The van der Waals surface area contributed by atoms with Crippen molar-refractivity contribution in [2.75, 3.05) is 0 Å². The molecule has 80 valence electrons. The van der Waals surface area contributed by atoms with Crippen LogP contribution in [0, 0.1) is 40.2 Å². The maximum absolute atomic E-state index is 13.1. The Bertz CT molecular complexity index is 486. The van der Waals surface area contributed by atoms with E-state index in [0.29, 0.717) is 0 Å². The molecule has 1 aromatic carbocycles. The minimum Gasteiger partial charge on any atom is -0.294 e. The largest absolute Gasteiger partial charge is 0.294 e. The zero-order valence-corrected chi connectivity index (χ0v) is 8.08. The van der Waals surface area contributed by atoms with Gasteiger partial charge in [0.15, 0.2) is 5.78 Å². The summed E-state index contributed by atoms with van der Waals surface area (Å²) in [4.78, 5) is 11.4. The number of rotatable bonds is 3. The van der Waals surface area contributed by atoms with E-state index in [1.54, 1.807) is 12.1 Å². The number of hydrogen-bond acceptors (Lipinski definition) is 3. The molecular weight excluding hydrogens is 214 g/mol. The number of Topliss-reactive ketones (excluding diaryl/α,β-unsaturated/α-hetero) is 1. The quantitative estimate of drug-likeness (QED) is 0.733. The molecule has 3 nitrogen and oxygen atoms in total.